The molecule has 0 bridgehead atoms. The lowest BCUT2D eigenvalue weighted by molar-refractivity contribution is -0.169. The summed E-state index contributed by atoms with van der Waals surface area (Å²) in [7, 11) is 0. The number of rotatable bonds is 2. The summed E-state index contributed by atoms with van der Waals surface area (Å²) in [4.78, 5) is 21.8. The van der Waals surface area contributed by atoms with E-state index in [4.69, 9.17) is 9.47 Å². The van der Waals surface area contributed by atoms with Crippen molar-refractivity contribution in [3.8, 4) is 0 Å². The largest absolute Gasteiger partial charge is 0.356 e. The minimum Gasteiger partial charge on any atom is -0.356 e. The van der Waals surface area contributed by atoms with E-state index >= 15 is 0 Å². The zero-order valence-electron chi connectivity index (χ0n) is 16.0. The molecule has 1 aromatic heterocycles. The number of para-hydroxylation sites is 1. The SMILES string of the molecule is O=C(c1ccc(N2CCC3(CC2)OCCO3)nc1)N1CCCc2ccccc21. The second-order valence-corrected chi connectivity index (χ2v) is 7.69. The van der Waals surface area contributed by atoms with Crippen LogP contribution in [0.1, 0.15) is 35.2 Å². The third kappa shape index (κ3) is 3.16. The number of hydrogen-bond donors (Lipinski definition) is 0. The Morgan fingerprint density at radius 2 is 1.79 bits per heavy atom. The topological polar surface area (TPSA) is 54.9 Å². The summed E-state index contributed by atoms with van der Waals surface area (Å²) in [6.07, 6.45) is 5.43. The third-order valence-corrected chi connectivity index (χ3v) is 6.01. The summed E-state index contributed by atoms with van der Waals surface area (Å²) in [5.74, 6) is 0.550. The molecule has 3 aliphatic heterocycles. The molecule has 6 nitrogen and oxygen atoms in total. The van der Waals surface area contributed by atoms with Crippen molar-refractivity contribution in [2.45, 2.75) is 31.5 Å². The average Bonchev–Trinajstić information content (AvgIpc) is 3.21. The van der Waals surface area contributed by atoms with Crippen LogP contribution in [0.15, 0.2) is 42.6 Å². The van der Waals surface area contributed by atoms with Gasteiger partial charge in [-0.1, -0.05) is 18.2 Å². The number of benzene rings is 1. The number of aryl methyl sites for hydroxylation is 1. The van der Waals surface area contributed by atoms with Gasteiger partial charge in [0.25, 0.3) is 5.91 Å². The molecule has 0 N–H and O–H groups in total. The van der Waals surface area contributed by atoms with Crippen LogP contribution in [0.4, 0.5) is 11.5 Å². The lowest BCUT2D eigenvalue weighted by atomic mass is 10.0. The van der Waals surface area contributed by atoms with E-state index in [1.165, 1.54) is 5.56 Å². The fourth-order valence-corrected chi connectivity index (χ4v) is 4.46. The molecular formula is C22H25N3O3. The van der Waals surface area contributed by atoms with Gasteiger partial charge in [-0.15, -0.1) is 0 Å². The second kappa shape index (κ2) is 7.18. The molecule has 0 aliphatic carbocycles. The number of fused-ring (bicyclic) bond motifs is 1. The van der Waals surface area contributed by atoms with Gasteiger partial charge in [0, 0.05) is 44.4 Å². The number of anilines is 2. The maximum Gasteiger partial charge on any atom is 0.259 e. The van der Waals surface area contributed by atoms with Gasteiger partial charge >= 0.3 is 0 Å². The number of pyridine rings is 1. The fourth-order valence-electron chi connectivity index (χ4n) is 4.46. The van der Waals surface area contributed by atoms with Gasteiger partial charge in [-0.2, -0.15) is 0 Å². The summed E-state index contributed by atoms with van der Waals surface area (Å²) in [6.45, 7) is 3.83. The van der Waals surface area contributed by atoms with Crippen LogP contribution in [0.25, 0.3) is 0 Å². The van der Waals surface area contributed by atoms with Gasteiger partial charge in [0.2, 0.25) is 0 Å². The highest BCUT2D eigenvalue weighted by molar-refractivity contribution is 6.06. The van der Waals surface area contributed by atoms with Crippen LogP contribution < -0.4 is 9.80 Å². The molecule has 6 heteroatoms. The number of piperidine rings is 1. The van der Waals surface area contributed by atoms with Crippen molar-refractivity contribution in [2.75, 3.05) is 42.6 Å². The first-order valence-electron chi connectivity index (χ1n) is 10.1. The number of ether oxygens (including phenoxy) is 2. The van der Waals surface area contributed by atoms with Crippen LogP contribution in [-0.4, -0.2) is 49.5 Å². The van der Waals surface area contributed by atoms with Crippen LogP contribution in [0.5, 0.6) is 0 Å². The van der Waals surface area contributed by atoms with E-state index in [1.807, 2.05) is 35.2 Å². The van der Waals surface area contributed by atoms with Crippen molar-refractivity contribution in [1.29, 1.82) is 0 Å². The first kappa shape index (κ1) is 17.6. The standard InChI is InChI=1S/C22H25N3O3/c26-21(25-11-3-5-17-4-1-2-6-19(17)25)18-7-8-20(23-16-18)24-12-9-22(10-13-24)27-14-15-28-22/h1-2,4,6-8,16H,3,5,9-15H2. The molecule has 0 radical (unpaired) electrons. The Kier molecular flexibility index (Phi) is 4.53. The number of amides is 1. The number of nitrogens with zero attached hydrogens (tertiary/aromatic N) is 3. The maximum absolute atomic E-state index is 13.1. The van der Waals surface area contributed by atoms with Gasteiger partial charge in [-0.05, 0) is 36.6 Å². The highest BCUT2D eigenvalue weighted by Gasteiger charge is 2.40. The highest BCUT2D eigenvalue weighted by atomic mass is 16.7. The predicted molar refractivity (Wildman–Crippen MR) is 107 cm³/mol. The minimum atomic E-state index is -0.381. The molecule has 2 saturated heterocycles. The van der Waals surface area contributed by atoms with E-state index in [1.54, 1.807) is 6.20 Å². The van der Waals surface area contributed by atoms with Gasteiger partial charge in [-0.25, -0.2) is 4.98 Å². The molecule has 0 unspecified atom stereocenters. The van der Waals surface area contributed by atoms with Crippen molar-refractivity contribution in [1.82, 2.24) is 4.98 Å². The number of carbonyl (C=O) groups is 1. The highest BCUT2D eigenvalue weighted by Crippen LogP contribution is 2.33. The average molecular weight is 379 g/mol. The zero-order valence-corrected chi connectivity index (χ0v) is 16.0. The normalized spacial score (nSPS) is 21.0. The number of carbonyl (C=O) groups excluding carboxylic acids is 1. The van der Waals surface area contributed by atoms with E-state index in [0.717, 1.165) is 56.8 Å². The summed E-state index contributed by atoms with van der Waals surface area (Å²) < 4.78 is 11.6. The van der Waals surface area contributed by atoms with Gasteiger partial charge in [0.05, 0.1) is 18.8 Å². The molecule has 2 aromatic rings. The minimum absolute atomic E-state index is 0.0246. The van der Waals surface area contributed by atoms with E-state index < -0.39 is 0 Å². The number of aromatic nitrogens is 1. The summed E-state index contributed by atoms with van der Waals surface area (Å²) in [5.41, 5.74) is 2.90. The molecule has 0 atom stereocenters. The van der Waals surface area contributed by atoms with E-state index in [2.05, 4.69) is 16.0 Å². The van der Waals surface area contributed by atoms with E-state index in [-0.39, 0.29) is 11.7 Å². The molecule has 28 heavy (non-hydrogen) atoms. The molecule has 1 aromatic carbocycles. The predicted octanol–water partition coefficient (Wildman–Crippen LogP) is 3.02. The molecular weight excluding hydrogens is 354 g/mol. The molecule has 2 fully saturated rings. The van der Waals surface area contributed by atoms with Crippen LogP contribution in [0.2, 0.25) is 0 Å². The van der Waals surface area contributed by atoms with E-state index in [0.29, 0.717) is 18.8 Å². The smallest absolute Gasteiger partial charge is 0.259 e. The monoisotopic (exact) mass is 379 g/mol. The van der Waals surface area contributed by atoms with Crippen LogP contribution in [0, 0.1) is 0 Å². The summed E-state index contributed by atoms with van der Waals surface area (Å²) >= 11 is 0. The second-order valence-electron chi connectivity index (χ2n) is 7.69. The Bertz CT molecular complexity index is 852. The van der Waals surface area contributed by atoms with Gasteiger partial charge < -0.3 is 19.3 Å². The van der Waals surface area contributed by atoms with Crippen LogP contribution >= 0.6 is 0 Å². The maximum atomic E-state index is 13.1. The quantitative estimate of drug-likeness (QED) is 0.803. The van der Waals surface area contributed by atoms with Crippen LogP contribution in [-0.2, 0) is 15.9 Å². The summed E-state index contributed by atoms with van der Waals surface area (Å²) in [5, 5.41) is 0. The molecule has 3 aliphatic rings. The van der Waals surface area contributed by atoms with E-state index in [9.17, 15) is 4.79 Å². The Morgan fingerprint density at radius 1 is 1.00 bits per heavy atom. The molecule has 1 amide bonds. The Labute approximate surface area is 165 Å². The van der Waals surface area contributed by atoms with Gasteiger partial charge in [-0.3, -0.25) is 4.79 Å². The zero-order chi connectivity index (χ0) is 19.0. The Balaban J connectivity index is 1.29. The first-order valence-corrected chi connectivity index (χ1v) is 10.1. The van der Waals surface area contributed by atoms with Crippen molar-refractivity contribution in [3.05, 3.63) is 53.7 Å². The molecule has 0 saturated carbocycles. The lowest BCUT2D eigenvalue weighted by Gasteiger charge is -2.38. The lowest BCUT2D eigenvalue weighted by Crippen LogP contribution is -2.45. The van der Waals surface area contributed by atoms with Crippen molar-refractivity contribution < 1.29 is 14.3 Å². The van der Waals surface area contributed by atoms with Crippen molar-refractivity contribution in [2.24, 2.45) is 0 Å². The molecule has 146 valence electrons. The van der Waals surface area contributed by atoms with Gasteiger partial charge in [0.15, 0.2) is 5.79 Å². The molecule has 1 spiro atoms. The third-order valence-electron chi connectivity index (χ3n) is 6.01. The fraction of sp³-hybridized carbons (Fsp3) is 0.455. The first-order chi connectivity index (χ1) is 13.7. The Hall–Kier alpha value is -2.44. The van der Waals surface area contributed by atoms with Crippen LogP contribution in [0.3, 0.4) is 0 Å². The van der Waals surface area contributed by atoms with Crippen molar-refractivity contribution >= 4 is 17.4 Å². The number of hydrogen-bond acceptors (Lipinski definition) is 5. The van der Waals surface area contributed by atoms with Crippen molar-refractivity contribution in [3.63, 3.8) is 0 Å². The van der Waals surface area contributed by atoms with Gasteiger partial charge in [0.1, 0.15) is 5.82 Å². The molecule has 5 rings (SSSR count). The molecule has 4 heterocycles. The summed E-state index contributed by atoms with van der Waals surface area (Å²) in [6, 6.07) is 12.0. The Morgan fingerprint density at radius 3 is 2.54 bits per heavy atom.